The highest BCUT2D eigenvalue weighted by molar-refractivity contribution is 5.52. The van der Waals surface area contributed by atoms with Crippen molar-refractivity contribution in [3.8, 4) is 5.69 Å². The molecule has 0 amide bonds. The molecule has 1 aromatic carbocycles. The Balaban J connectivity index is 1.93. The number of aromatic nitrogens is 2. The fraction of sp³-hybridized carbons (Fsp3) is 0.438. The van der Waals surface area contributed by atoms with Crippen molar-refractivity contribution in [2.24, 2.45) is 11.7 Å². The fourth-order valence-electron chi connectivity index (χ4n) is 2.77. The van der Waals surface area contributed by atoms with Crippen LogP contribution in [-0.4, -0.2) is 36.9 Å². The molecule has 0 radical (unpaired) electrons. The zero-order valence-electron chi connectivity index (χ0n) is 12.6. The monoisotopic (exact) mass is 286 g/mol. The first-order valence-corrected chi connectivity index (χ1v) is 7.30. The van der Waals surface area contributed by atoms with Gasteiger partial charge in [0.2, 0.25) is 0 Å². The molecule has 2 atom stereocenters. The Morgan fingerprint density at radius 3 is 3.00 bits per heavy atom. The summed E-state index contributed by atoms with van der Waals surface area (Å²) >= 11 is 0. The van der Waals surface area contributed by atoms with Crippen molar-refractivity contribution in [2.75, 3.05) is 32.2 Å². The van der Waals surface area contributed by atoms with E-state index in [9.17, 15) is 0 Å². The van der Waals surface area contributed by atoms with Gasteiger partial charge in [-0.05, 0) is 24.6 Å². The van der Waals surface area contributed by atoms with Gasteiger partial charge in [-0.1, -0.05) is 6.07 Å². The van der Waals surface area contributed by atoms with Crippen LogP contribution in [0.2, 0.25) is 0 Å². The summed E-state index contributed by atoms with van der Waals surface area (Å²) in [5, 5.41) is 0. The fourth-order valence-corrected chi connectivity index (χ4v) is 2.77. The summed E-state index contributed by atoms with van der Waals surface area (Å²) in [6, 6.07) is 8.32. The molecule has 2 N–H and O–H groups in total. The maximum Gasteiger partial charge on any atom is 0.0994 e. The van der Waals surface area contributed by atoms with E-state index < -0.39 is 0 Å². The van der Waals surface area contributed by atoms with E-state index in [1.54, 1.807) is 0 Å². The molecule has 21 heavy (non-hydrogen) atoms. The van der Waals surface area contributed by atoms with Crippen LogP contribution in [0.5, 0.6) is 0 Å². The van der Waals surface area contributed by atoms with Crippen molar-refractivity contribution in [2.45, 2.75) is 12.5 Å². The molecule has 0 aliphatic carbocycles. The van der Waals surface area contributed by atoms with Crippen molar-refractivity contribution in [1.82, 2.24) is 9.55 Å². The van der Waals surface area contributed by atoms with Crippen LogP contribution in [0.3, 0.4) is 0 Å². The van der Waals surface area contributed by atoms with Crippen LogP contribution in [0.15, 0.2) is 36.8 Å². The first-order chi connectivity index (χ1) is 10.2. The van der Waals surface area contributed by atoms with Gasteiger partial charge in [-0.2, -0.15) is 0 Å². The summed E-state index contributed by atoms with van der Waals surface area (Å²) < 4.78 is 7.54. The van der Waals surface area contributed by atoms with Gasteiger partial charge in [-0.25, -0.2) is 4.98 Å². The van der Waals surface area contributed by atoms with Crippen molar-refractivity contribution in [3.63, 3.8) is 0 Å². The molecule has 5 nitrogen and oxygen atoms in total. The Morgan fingerprint density at radius 2 is 2.29 bits per heavy atom. The van der Waals surface area contributed by atoms with Crippen LogP contribution in [0.25, 0.3) is 5.69 Å². The van der Waals surface area contributed by atoms with Crippen LogP contribution >= 0.6 is 0 Å². The van der Waals surface area contributed by atoms with Crippen LogP contribution in [0, 0.1) is 5.92 Å². The van der Waals surface area contributed by atoms with Crippen LogP contribution in [0.1, 0.15) is 18.2 Å². The molecule has 1 aromatic heterocycles. The third kappa shape index (κ3) is 2.80. The zero-order chi connectivity index (χ0) is 14.8. The first-order valence-electron chi connectivity index (χ1n) is 7.30. The van der Waals surface area contributed by atoms with E-state index in [-0.39, 0.29) is 6.04 Å². The number of anilines is 1. The summed E-state index contributed by atoms with van der Waals surface area (Å²) in [5.41, 5.74) is 9.72. The van der Waals surface area contributed by atoms with Gasteiger partial charge in [0, 0.05) is 38.0 Å². The van der Waals surface area contributed by atoms with Crippen molar-refractivity contribution in [1.29, 1.82) is 0 Å². The predicted molar refractivity (Wildman–Crippen MR) is 83.7 cm³/mol. The molecular formula is C16H22N4O. The minimum Gasteiger partial charge on any atom is -0.381 e. The van der Waals surface area contributed by atoms with E-state index >= 15 is 0 Å². The lowest BCUT2D eigenvalue weighted by Gasteiger charge is -2.20. The molecule has 0 saturated carbocycles. The summed E-state index contributed by atoms with van der Waals surface area (Å²) in [4.78, 5) is 6.38. The van der Waals surface area contributed by atoms with Gasteiger partial charge in [0.1, 0.15) is 0 Å². The van der Waals surface area contributed by atoms with E-state index in [1.165, 1.54) is 0 Å². The van der Waals surface area contributed by atoms with E-state index in [0.29, 0.717) is 5.92 Å². The topological polar surface area (TPSA) is 56.3 Å². The normalized spacial score (nSPS) is 19.7. The molecule has 2 aromatic rings. The Morgan fingerprint density at radius 1 is 1.43 bits per heavy atom. The Bertz CT molecular complexity index is 602. The number of nitrogens with zero attached hydrogens (tertiary/aromatic N) is 3. The van der Waals surface area contributed by atoms with Gasteiger partial charge in [0.25, 0.3) is 0 Å². The Hall–Kier alpha value is -1.85. The molecule has 3 rings (SSSR count). The summed E-state index contributed by atoms with van der Waals surface area (Å²) in [6.07, 6.45) is 4.72. The summed E-state index contributed by atoms with van der Waals surface area (Å²) in [5.74, 6) is 0.373. The standard InChI is InChI=1S/C16H22N4O/c1-19(2)13-4-3-5-14(8-13)20-11-18-9-15(20)16(17)12-6-7-21-10-12/h3-5,8-9,11-12,16H,6-7,10,17H2,1-2H3. The summed E-state index contributed by atoms with van der Waals surface area (Å²) in [7, 11) is 4.07. The van der Waals surface area contributed by atoms with Gasteiger partial charge in [0.15, 0.2) is 0 Å². The highest BCUT2D eigenvalue weighted by Crippen LogP contribution is 2.28. The first kappa shape index (κ1) is 14.1. The third-order valence-electron chi connectivity index (χ3n) is 4.11. The maximum absolute atomic E-state index is 6.43. The SMILES string of the molecule is CN(C)c1cccc(-n2cncc2C(N)C2CCOC2)c1. The number of nitrogens with two attached hydrogens (primary N) is 1. The van der Waals surface area contributed by atoms with E-state index in [0.717, 1.165) is 36.7 Å². The average molecular weight is 286 g/mol. The number of hydrogen-bond acceptors (Lipinski definition) is 4. The molecule has 2 unspecified atom stereocenters. The highest BCUT2D eigenvalue weighted by atomic mass is 16.5. The molecular weight excluding hydrogens is 264 g/mol. The van der Waals surface area contributed by atoms with Gasteiger partial charge in [-0.15, -0.1) is 0 Å². The smallest absolute Gasteiger partial charge is 0.0994 e. The number of imidazole rings is 1. The van der Waals surface area contributed by atoms with Gasteiger partial charge in [-0.3, -0.25) is 0 Å². The molecule has 0 spiro atoms. The van der Waals surface area contributed by atoms with Crippen molar-refractivity contribution >= 4 is 5.69 Å². The third-order valence-corrected chi connectivity index (χ3v) is 4.11. The highest BCUT2D eigenvalue weighted by Gasteiger charge is 2.26. The van der Waals surface area contributed by atoms with Gasteiger partial charge < -0.3 is 19.9 Å². The molecule has 5 heteroatoms. The minimum absolute atomic E-state index is 0.0435. The molecule has 1 aliphatic heterocycles. The lowest BCUT2D eigenvalue weighted by molar-refractivity contribution is 0.180. The zero-order valence-corrected chi connectivity index (χ0v) is 12.6. The van der Waals surface area contributed by atoms with Crippen LogP contribution < -0.4 is 10.6 Å². The molecule has 1 aliphatic rings. The molecule has 2 heterocycles. The second-order valence-corrected chi connectivity index (χ2v) is 5.75. The number of hydrogen-bond donors (Lipinski definition) is 1. The van der Waals surface area contributed by atoms with Crippen molar-refractivity contribution < 1.29 is 4.74 Å². The predicted octanol–water partition coefficient (Wildman–Crippen LogP) is 1.97. The average Bonchev–Trinajstić information content (AvgIpc) is 3.18. The van der Waals surface area contributed by atoms with Crippen molar-refractivity contribution in [3.05, 3.63) is 42.5 Å². The summed E-state index contributed by atoms with van der Waals surface area (Å²) in [6.45, 7) is 1.55. The molecule has 112 valence electrons. The van der Waals surface area contributed by atoms with E-state index in [4.69, 9.17) is 10.5 Å². The van der Waals surface area contributed by atoms with Crippen LogP contribution in [0.4, 0.5) is 5.69 Å². The van der Waals surface area contributed by atoms with Gasteiger partial charge in [0.05, 0.1) is 30.9 Å². The molecule has 1 fully saturated rings. The molecule has 1 saturated heterocycles. The maximum atomic E-state index is 6.43. The minimum atomic E-state index is -0.0435. The number of benzene rings is 1. The van der Waals surface area contributed by atoms with E-state index in [2.05, 4.69) is 38.7 Å². The van der Waals surface area contributed by atoms with Gasteiger partial charge >= 0.3 is 0 Å². The lowest BCUT2D eigenvalue weighted by Crippen LogP contribution is -2.24. The molecule has 0 bridgehead atoms. The van der Waals surface area contributed by atoms with Crippen LogP contribution in [-0.2, 0) is 4.74 Å². The number of rotatable bonds is 4. The Kier molecular flexibility index (Phi) is 3.94. The number of ether oxygens (including phenoxy) is 1. The largest absolute Gasteiger partial charge is 0.381 e. The Labute approximate surface area is 125 Å². The van der Waals surface area contributed by atoms with E-state index in [1.807, 2.05) is 26.6 Å². The second kappa shape index (κ2) is 5.87. The second-order valence-electron chi connectivity index (χ2n) is 5.75. The lowest BCUT2D eigenvalue weighted by atomic mass is 9.97. The quantitative estimate of drug-likeness (QED) is 0.933.